The fourth-order valence-corrected chi connectivity index (χ4v) is 2.35. The van der Waals surface area contributed by atoms with E-state index in [1.165, 1.54) is 5.01 Å². The van der Waals surface area contributed by atoms with Crippen molar-refractivity contribution in [2.45, 2.75) is 39.2 Å². The van der Waals surface area contributed by atoms with E-state index >= 15 is 0 Å². The highest BCUT2D eigenvalue weighted by atomic mass is 16.6. The van der Waals surface area contributed by atoms with Crippen molar-refractivity contribution in [2.75, 3.05) is 13.1 Å². The average Bonchev–Trinajstić information content (AvgIpc) is 2.54. The van der Waals surface area contributed by atoms with Gasteiger partial charge in [-0.25, -0.2) is 14.8 Å². The molecule has 5 nitrogen and oxygen atoms in total. The molecule has 2 rings (SSSR count). The van der Waals surface area contributed by atoms with E-state index < -0.39 is 6.09 Å². The summed E-state index contributed by atoms with van der Waals surface area (Å²) in [7, 11) is 0. The highest BCUT2D eigenvalue weighted by Crippen LogP contribution is 2.15. The molecule has 2 amide bonds. The number of hydrogen-bond donors (Lipinski definition) is 0. The van der Waals surface area contributed by atoms with Crippen molar-refractivity contribution in [1.29, 1.82) is 0 Å². The predicted molar refractivity (Wildman–Crippen MR) is 79.2 cm³/mol. The number of benzene rings is 1. The number of hydrazine groups is 1. The SMILES string of the molecule is CCCC(=O)N1CCCCN1C(=O)OCc1ccccc1. The summed E-state index contributed by atoms with van der Waals surface area (Å²) in [4.78, 5) is 24.3. The van der Waals surface area contributed by atoms with E-state index in [2.05, 4.69) is 0 Å². The molecular weight excluding hydrogens is 268 g/mol. The second-order valence-electron chi connectivity index (χ2n) is 5.14. The van der Waals surface area contributed by atoms with E-state index in [0.29, 0.717) is 19.5 Å². The maximum atomic E-state index is 12.2. The third-order valence-corrected chi connectivity index (χ3v) is 3.45. The quantitative estimate of drug-likeness (QED) is 0.856. The van der Waals surface area contributed by atoms with Crippen molar-refractivity contribution in [2.24, 2.45) is 0 Å². The van der Waals surface area contributed by atoms with Crippen LogP contribution in [0.2, 0.25) is 0 Å². The molecule has 1 aliphatic rings. The molecule has 0 aromatic heterocycles. The van der Waals surface area contributed by atoms with Crippen LogP contribution in [0, 0.1) is 0 Å². The molecule has 1 fully saturated rings. The van der Waals surface area contributed by atoms with Gasteiger partial charge in [-0.2, -0.15) is 0 Å². The lowest BCUT2D eigenvalue weighted by Crippen LogP contribution is -2.53. The fourth-order valence-electron chi connectivity index (χ4n) is 2.35. The summed E-state index contributed by atoms with van der Waals surface area (Å²) < 4.78 is 5.32. The van der Waals surface area contributed by atoms with E-state index in [9.17, 15) is 9.59 Å². The van der Waals surface area contributed by atoms with E-state index in [1.807, 2.05) is 37.3 Å². The Bertz CT molecular complexity index is 476. The Morgan fingerprint density at radius 3 is 2.43 bits per heavy atom. The monoisotopic (exact) mass is 290 g/mol. The lowest BCUT2D eigenvalue weighted by Gasteiger charge is -2.37. The first-order valence-electron chi connectivity index (χ1n) is 7.51. The van der Waals surface area contributed by atoms with Crippen LogP contribution >= 0.6 is 0 Å². The van der Waals surface area contributed by atoms with Crippen molar-refractivity contribution in [3.05, 3.63) is 35.9 Å². The molecule has 1 heterocycles. The molecule has 5 heteroatoms. The zero-order chi connectivity index (χ0) is 15.1. The number of carbonyl (C=O) groups excluding carboxylic acids is 2. The Balaban J connectivity index is 1.93. The molecule has 0 unspecified atom stereocenters. The van der Waals surface area contributed by atoms with Crippen LogP contribution in [0.5, 0.6) is 0 Å². The van der Waals surface area contributed by atoms with Gasteiger partial charge in [-0.15, -0.1) is 0 Å². The number of hydrogen-bond acceptors (Lipinski definition) is 3. The van der Waals surface area contributed by atoms with Gasteiger partial charge in [-0.1, -0.05) is 37.3 Å². The molecule has 0 spiro atoms. The van der Waals surface area contributed by atoms with Gasteiger partial charge in [0.15, 0.2) is 0 Å². The molecule has 1 aromatic carbocycles. The molecule has 0 radical (unpaired) electrons. The van der Waals surface area contributed by atoms with Crippen LogP contribution in [-0.2, 0) is 16.1 Å². The van der Waals surface area contributed by atoms with Crippen LogP contribution in [0.4, 0.5) is 4.79 Å². The lowest BCUT2D eigenvalue weighted by atomic mass is 10.2. The Kier molecular flexibility index (Phi) is 5.60. The summed E-state index contributed by atoms with van der Waals surface area (Å²) in [5.41, 5.74) is 0.939. The van der Waals surface area contributed by atoms with Gasteiger partial charge in [-0.05, 0) is 24.8 Å². The lowest BCUT2D eigenvalue weighted by molar-refractivity contribution is -0.149. The minimum absolute atomic E-state index is 0.00568. The molecular formula is C16H22N2O3. The molecule has 1 saturated heterocycles. The molecule has 0 aliphatic carbocycles. The van der Waals surface area contributed by atoms with Crippen molar-refractivity contribution in [3.8, 4) is 0 Å². The summed E-state index contributed by atoms with van der Waals surface area (Å²) in [5.74, 6) is -0.00568. The van der Waals surface area contributed by atoms with Gasteiger partial charge in [0.25, 0.3) is 0 Å². The number of ether oxygens (including phenoxy) is 1. The Morgan fingerprint density at radius 1 is 1.10 bits per heavy atom. The number of amides is 2. The first kappa shape index (κ1) is 15.4. The van der Waals surface area contributed by atoms with E-state index in [4.69, 9.17) is 4.74 Å². The van der Waals surface area contributed by atoms with Gasteiger partial charge in [-0.3, -0.25) is 4.79 Å². The summed E-state index contributed by atoms with van der Waals surface area (Å²) in [6.07, 6.45) is 2.63. The Hall–Kier alpha value is -2.04. The number of rotatable bonds is 4. The second-order valence-corrected chi connectivity index (χ2v) is 5.14. The van der Waals surface area contributed by atoms with Crippen molar-refractivity contribution in [1.82, 2.24) is 10.0 Å². The molecule has 0 bridgehead atoms. The Labute approximate surface area is 125 Å². The van der Waals surface area contributed by atoms with Crippen molar-refractivity contribution in [3.63, 3.8) is 0 Å². The zero-order valence-electron chi connectivity index (χ0n) is 12.5. The van der Waals surface area contributed by atoms with Gasteiger partial charge in [0, 0.05) is 19.5 Å². The maximum Gasteiger partial charge on any atom is 0.429 e. The van der Waals surface area contributed by atoms with Crippen LogP contribution in [0.25, 0.3) is 0 Å². The summed E-state index contributed by atoms with van der Waals surface area (Å²) in [6.45, 7) is 3.33. The minimum Gasteiger partial charge on any atom is -0.443 e. The third-order valence-electron chi connectivity index (χ3n) is 3.45. The summed E-state index contributed by atoms with van der Waals surface area (Å²) in [5, 5.41) is 2.99. The largest absolute Gasteiger partial charge is 0.443 e. The summed E-state index contributed by atoms with van der Waals surface area (Å²) in [6, 6.07) is 9.54. The van der Waals surface area contributed by atoms with Crippen LogP contribution in [0.15, 0.2) is 30.3 Å². The van der Waals surface area contributed by atoms with Crippen molar-refractivity contribution >= 4 is 12.0 Å². The average molecular weight is 290 g/mol. The van der Waals surface area contributed by atoms with Crippen LogP contribution in [0.1, 0.15) is 38.2 Å². The smallest absolute Gasteiger partial charge is 0.429 e. The predicted octanol–water partition coefficient (Wildman–Crippen LogP) is 2.96. The van der Waals surface area contributed by atoms with Gasteiger partial charge in [0.05, 0.1) is 0 Å². The second kappa shape index (κ2) is 7.67. The van der Waals surface area contributed by atoms with Gasteiger partial charge >= 0.3 is 6.09 Å². The fraction of sp³-hybridized carbons (Fsp3) is 0.500. The molecule has 0 N–H and O–H groups in total. The molecule has 1 aliphatic heterocycles. The molecule has 1 aromatic rings. The van der Waals surface area contributed by atoms with Gasteiger partial charge in [0.1, 0.15) is 6.61 Å². The maximum absolute atomic E-state index is 12.2. The number of nitrogens with zero attached hydrogens (tertiary/aromatic N) is 2. The van der Waals surface area contributed by atoms with E-state index in [1.54, 1.807) is 5.01 Å². The molecule has 21 heavy (non-hydrogen) atoms. The highest BCUT2D eigenvalue weighted by molar-refractivity contribution is 5.79. The van der Waals surface area contributed by atoms with Crippen molar-refractivity contribution < 1.29 is 14.3 Å². The molecule has 114 valence electrons. The van der Waals surface area contributed by atoms with E-state index in [0.717, 1.165) is 24.8 Å². The van der Waals surface area contributed by atoms with Crippen LogP contribution < -0.4 is 0 Å². The van der Waals surface area contributed by atoms with Gasteiger partial charge in [0.2, 0.25) is 5.91 Å². The van der Waals surface area contributed by atoms with Crippen LogP contribution in [0.3, 0.4) is 0 Å². The molecule has 0 atom stereocenters. The normalized spacial score (nSPS) is 14.9. The topological polar surface area (TPSA) is 49.9 Å². The van der Waals surface area contributed by atoms with E-state index in [-0.39, 0.29) is 12.5 Å². The first-order chi connectivity index (χ1) is 10.2. The summed E-state index contributed by atoms with van der Waals surface area (Å²) >= 11 is 0. The highest BCUT2D eigenvalue weighted by Gasteiger charge is 2.29. The van der Waals surface area contributed by atoms with Crippen LogP contribution in [-0.4, -0.2) is 35.1 Å². The molecule has 0 saturated carbocycles. The van der Waals surface area contributed by atoms with Gasteiger partial charge < -0.3 is 4.74 Å². The first-order valence-corrected chi connectivity index (χ1v) is 7.51. The third kappa shape index (κ3) is 4.21. The zero-order valence-corrected chi connectivity index (χ0v) is 12.5. The standard InChI is InChI=1S/C16H22N2O3/c1-2-8-15(19)17-11-6-7-12-18(17)16(20)21-13-14-9-4-3-5-10-14/h3-5,9-10H,2,6-8,11-13H2,1H3. The Morgan fingerprint density at radius 2 is 1.76 bits per heavy atom. The number of carbonyl (C=O) groups is 2. The minimum atomic E-state index is -0.442.